The monoisotopic (exact) mass is 393 g/mol. The van der Waals surface area contributed by atoms with Gasteiger partial charge in [-0.2, -0.15) is 4.98 Å². The van der Waals surface area contributed by atoms with Gasteiger partial charge in [-0.05, 0) is 17.7 Å². The molecule has 0 spiro atoms. The number of nitrogens with one attached hydrogen (secondary N) is 1. The maximum Gasteiger partial charge on any atom is 0.222 e. The van der Waals surface area contributed by atoms with Crippen molar-refractivity contribution in [1.82, 2.24) is 24.9 Å². The van der Waals surface area contributed by atoms with Crippen LogP contribution in [0.25, 0.3) is 10.7 Å². The number of aromatic nitrogens is 5. The number of halogens is 1. The van der Waals surface area contributed by atoms with Crippen molar-refractivity contribution in [1.29, 1.82) is 0 Å². The van der Waals surface area contributed by atoms with Crippen LogP contribution in [0, 0.1) is 5.82 Å². The predicted octanol–water partition coefficient (Wildman–Crippen LogP) is 4.01. The Morgan fingerprint density at radius 2 is 1.89 bits per heavy atom. The third-order valence-electron chi connectivity index (χ3n) is 4.21. The van der Waals surface area contributed by atoms with Gasteiger partial charge in [0.25, 0.3) is 0 Å². The fourth-order valence-corrected chi connectivity index (χ4v) is 3.54. The zero-order valence-corrected chi connectivity index (χ0v) is 15.7. The largest absolute Gasteiger partial charge is 0.368 e. The molecule has 3 N–H and O–H groups in total. The van der Waals surface area contributed by atoms with E-state index in [1.807, 2.05) is 12.3 Å². The Bertz CT molecular complexity index is 1070. The Kier molecular flexibility index (Phi) is 4.90. The van der Waals surface area contributed by atoms with Gasteiger partial charge in [0.05, 0.1) is 6.20 Å². The molecule has 0 aliphatic rings. The third kappa shape index (κ3) is 3.65. The van der Waals surface area contributed by atoms with Gasteiger partial charge in [-0.1, -0.05) is 19.1 Å². The van der Waals surface area contributed by atoms with E-state index in [4.69, 9.17) is 5.73 Å². The Hall–Kier alpha value is -3.46. The molecular weight excluding hydrogens is 377 g/mol. The summed E-state index contributed by atoms with van der Waals surface area (Å²) in [5.74, 6) is 0.710. The summed E-state index contributed by atoms with van der Waals surface area (Å²) in [6.45, 7) is 2.00. The van der Waals surface area contributed by atoms with Crippen molar-refractivity contribution in [3.05, 3.63) is 71.4 Å². The van der Waals surface area contributed by atoms with Crippen LogP contribution in [0.4, 0.5) is 22.0 Å². The number of benzene rings is 1. The highest BCUT2D eigenvalue weighted by atomic mass is 32.1. The SMILES string of the molecule is CC(c1ccc(F)cc1)c1c(Nc2cnccn2)nc(N)nc1-c1nccs1. The molecule has 1 atom stereocenters. The minimum Gasteiger partial charge on any atom is -0.368 e. The van der Waals surface area contributed by atoms with Gasteiger partial charge in [-0.25, -0.2) is 19.3 Å². The zero-order chi connectivity index (χ0) is 19.5. The quantitative estimate of drug-likeness (QED) is 0.528. The molecule has 0 fully saturated rings. The van der Waals surface area contributed by atoms with Crippen molar-refractivity contribution in [3.8, 4) is 10.7 Å². The Morgan fingerprint density at radius 1 is 1.07 bits per heavy atom. The van der Waals surface area contributed by atoms with Gasteiger partial charge >= 0.3 is 0 Å². The van der Waals surface area contributed by atoms with Crippen LogP contribution in [0.1, 0.15) is 24.0 Å². The molecule has 3 aromatic heterocycles. The fourth-order valence-electron chi connectivity index (χ4n) is 2.90. The minimum atomic E-state index is -0.289. The number of anilines is 3. The molecule has 28 heavy (non-hydrogen) atoms. The summed E-state index contributed by atoms with van der Waals surface area (Å²) < 4.78 is 13.4. The van der Waals surface area contributed by atoms with Crippen molar-refractivity contribution >= 4 is 28.9 Å². The maximum atomic E-state index is 13.4. The molecule has 140 valence electrons. The first-order valence-electron chi connectivity index (χ1n) is 8.47. The molecule has 0 saturated heterocycles. The van der Waals surface area contributed by atoms with Gasteiger partial charge in [0.1, 0.15) is 28.2 Å². The average molecular weight is 393 g/mol. The van der Waals surface area contributed by atoms with E-state index in [1.54, 1.807) is 36.9 Å². The fraction of sp³-hybridized carbons (Fsp3) is 0.105. The molecule has 3 heterocycles. The van der Waals surface area contributed by atoms with Gasteiger partial charge in [-0.3, -0.25) is 4.98 Å². The molecule has 0 aliphatic carbocycles. The van der Waals surface area contributed by atoms with E-state index in [0.29, 0.717) is 17.3 Å². The van der Waals surface area contributed by atoms with Crippen LogP contribution in [-0.2, 0) is 0 Å². The third-order valence-corrected chi connectivity index (χ3v) is 4.99. The first-order valence-corrected chi connectivity index (χ1v) is 9.35. The van der Waals surface area contributed by atoms with Crippen LogP contribution >= 0.6 is 11.3 Å². The summed E-state index contributed by atoms with van der Waals surface area (Å²) in [7, 11) is 0. The second-order valence-corrected chi connectivity index (χ2v) is 6.91. The lowest BCUT2D eigenvalue weighted by molar-refractivity contribution is 0.626. The maximum absolute atomic E-state index is 13.4. The molecule has 1 aromatic carbocycles. The topological polar surface area (TPSA) is 102 Å². The van der Waals surface area contributed by atoms with Crippen LogP contribution < -0.4 is 11.1 Å². The number of hydrogen-bond donors (Lipinski definition) is 2. The van der Waals surface area contributed by atoms with Crippen LogP contribution in [0.2, 0.25) is 0 Å². The van der Waals surface area contributed by atoms with Crippen LogP contribution in [0.15, 0.2) is 54.4 Å². The molecular formula is C19H16FN7S. The van der Waals surface area contributed by atoms with Crippen molar-refractivity contribution in [2.24, 2.45) is 0 Å². The van der Waals surface area contributed by atoms with Crippen molar-refractivity contribution in [3.63, 3.8) is 0 Å². The molecule has 4 aromatic rings. The lowest BCUT2D eigenvalue weighted by Gasteiger charge is -2.20. The normalized spacial score (nSPS) is 11.9. The lowest BCUT2D eigenvalue weighted by Crippen LogP contribution is -2.11. The predicted molar refractivity (Wildman–Crippen MR) is 107 cm³/mol. The van der Waals surface area contributed by atoms with E-state index in [9.17, 15) is 4.39 Å². The van der Waals surface area contributed by atoms with Crippen molar-refractivity contribution < 1.29 is 4.39 Å². The Labute approximate surface area is 164 Å². The number of nitrogens with two attached hydrogens (primary N) is 1. The number of thiazole rings is 1. The molecule has 0 bridgehead atoms. The van der Waals surface area contributed by atoms with Gasteiger partial charge in [0, 0.05) is 35.5 Å². The van der Waals surface area contributed by atoms with E-state index in [1.165, 1.54) is 23.5 Å². The van der Waals surface area contributed by atoms with E-state index in [2.05, 4.69) is 30.2 Å². The molecule has 0 aliphatic heterocycles. The van der Waals surface area contributed by atoms with Crippen LogP contribution in [0.3, 0.4) is 0 Å². The van der Waals surface area contributed by atoms with E-state index in [-0.39, 0.29) is 17.7 Å². The molecule has 7 nitrogen and oxygen atoms in total. The van der Waals surface area contributed by atoms with E-state index >= 15 is 0 Å². The van der Waals surface area contributed by atoms with Gasteiger partial charge in [-0.15, -0.1) is 11.3 Å². The van der Waals surface area contributed by atoms with Crippen molar-refractivity contribution in [2.75, 3.05) is 11.1 Å². The van der Waals surface area contributed by atoms with Crippen molar-refractivity contribution in [2.45, 2.75) is 12.8 Å². The van der Waals surface area contributed by atoms with E-state index < -0.39 is 0 Å². The van der Waals surface area contributed by atoms with Gasteiger partial charge in [0.15, 0.2) is 0 Å². The molecule has 0 amide bonds. The number of nitrogen functional groups attached to an aromatic ring is 1. The molecule has 0 radical (unpaired) electrons. The summed E-state index contributed by atoms with van der Waals surface area (Å²) in [5, 5.41) is 5.77. The summed E-state index contributed by atoms with van der Waals surface area (Å²) in [6.07, 6.45) is 6.47. The molecule has 0 saturated carbocycles. The molecule has 9 heteroatoms. The van der Waals surface area contributed by atoms with E-state index in [0.717, 1.165) is 16.1 Å². The second kappa shape index (κ2) is 7.65. The average Bonchev–Trinajstić information content (AvgIpc) is 3.23. The zero-order valence-electron chi connectivity index (χ0n) is 14.9. The first kappa shape index (κ1) is 17.9. The first-order chi connectivity index (χ1) is 13.6. The highest BCUT2D eigenvalue weighted by Crippen LogP contribution is 2.38. The van der Waals surface area contributed by atoms with Crippen LogP contribution in [0.5, 0.6) is 0 Å². The summed E-state index contributed by atoms with van der Waals surface area (Å²) in [4.78, 5) is 21.5. The Balaban J connectivity index is 1.88. The molecule has 4 rings (SSSR count). The number of rotatable bonds is 5. The Morgan fingerprint density at radius 3 is 2.57 bits per heavy atom. The summed E-state index contributed by atoms with van der Waals surface area (Å²) in [6, 6.07) is 6.36. The highest BCUT2D eigenvalue weighted by molar-refractivity contribution is 7.13. The summed E-state index contributed by atoms with van der Waals surface area (Å²) >= 11 is 1.46. The second-order valence-electron chi connectivity index (χ2n) is 6.02. The minimum absolute atomic E-state index is 0.117. The van der Waals surface area contributed by atoms with Gasteiger partial charge < -0.3 is 11.1 Å². The standard InChI is InChI=1S/C19H16FN7S/c1-11(12-2-4-13(20)5-3-12)15-16(18-24-8-9-28-18)26-19(21)27-17(15)25-14-10-22-6-7-23-14/h2-11H,1H3,(H3,21,23,25,26,27). The van der Waals surface area contributed by atoms with Crippen LogP contribution in [-0.4, -0.2) is 24.9 Å². The highest BCUT2D eigenvalue weighted by Gasteiger charge is 2.23. The van der Waals surface area contributed by atoms with Gasteiger partial charge in [0.2, 0.25) is 5.95 Å². The molecule has 1 unspecified atom stereocenters. The number of hydrogen-bond acceptors (Lipinski definition) is 8. The summed E-state index contributed by atoms with van der Waals surface area (Å²) in [5.41, 5.74) is 8.31. The lowest BCUT2D eigenvalue weighted by atomic mass is 9.92. The number of nitrogens with zero attached hydrogens (tertiary/aromatic N) is 5. The smallest absolute Gasteiger partial charge is 0.222 e.